The van der Waals surface area contributed by atoms with E-state index in [0.717, 1.165) is 23.1 Å². The number of fused-ring (bicyclic) bond motifs is 4. The number of pyridine rings is 2. The van der Waals surface area contributed by atoms with E-state index in [4.69, 9.17) is 4.98 Å². The number of allylic oxidation sites excluding steroid dienone is 2. The van der Waals surface area contributed by atoms with Crippen molar-refractivity contribution in [3.8, 4) is 0 Å². The molecule has 23 heavy (non-hydrogen) atoms. The van der Waals surface area contributed by atoms with Gasteiger partial charge in [0, 0.05) is 27.9 Å². The number of benzene rings is 1. The van der Waals surface area contributed by atoms with Crippen molar-refractivity contribution in [1.29, 1.82) is 0 Å². The van der Waals surface area contributed by atoms with Crippen LogP contribution in [0.4, 0.5) is 0 Å². The van der Waals surface area contributed by atoms with E-state index in [1.165, 1.54) is 46.6 Å². The van der Waals surface area contributed by atoms with Crippen molar-refractivity contribution in [2.75, 3.05) is 0 Å². The molecule has 0 radical (unpaired) electrons. The van der Waals surface area contributed by atoms with Gasteiger partial charge < -0.3 is 4.98 Å². The molecule has 3 heteroatoms. The van der Waals surface area contributed by atoms with Crippen molar-refractivity contribution >= 4 is 38.4 Å². The standard InChI is InChI=1S/C20H17N3/c1-2-6-13(7-3-1)18-15-10-11-21-12-17(15)23-20-19(18)14-8-4-5-9-16(14)22-20/h4-6,8-12H,1-3,7H2,(H,22,23). The Labute approximate surface area is 134 Å². The van der Waals surface area contributed by atoms with Crippen molar-refractivity contribution in [3.05, 3.63) is 54.4 Å². The molecule has 0 aliphatic heterocycles. The van der Waals surface area contributed by atoms with Crippen LogP contribution in [0, 0.1) is 0 Å². The normalized spacial score (nSPS) is 15.4. The minimum atomic E-state index is 0.966. The Morgan fingerprint density at radius 1 is 1.00 bits per heavy atom. The molecule has 112 valence electrons. The number of hydrogen-bond acceptors (Lipinski definition) is 2. The van der Waals surface area contributed by atoms with E-state index in [-0.39, 0.29) is 0 Å². The van der Waals surface area contributed by atoms with Gasteiger partial charge in [-0.25, -0.2) is 4.98 Å². The first kappa shape index (κ1) is 12.8. The number of hydrogen-bond donors (Lipinski definition) is 1. The molecule has 0 amide bonds. The molecule has 0 saturated carbocycles. The molecular formula is C20H17N3. The molecule has 0 bridgehead atoms. The Kier molecular flexibility index (Phi) is 2.74. The highest BCUT2D eigenvalue weighted by Crippen LogP contribution is 2.39. The molecule has 0 spiro atoms. The number of aromatic nitrogens is 3. The van der Waals surface area contributed by atoms with Crippen LogP contribution in [0.15, 0.2) is 48.8 Å². The molecule has 3 heterocycles. The van der Waals surface area contributed by atoms with Gasteiger partial charge in [0.2, 0.25) is 0 Å². The third-order valence-electron chi connectivity index (χ3n) is 4.85. The van der Waals surface area contributed by atoms with Gasteiger partial charge in [-0.15, -0.1) is 0 Å². The van der Waals surface area contributed by atoms with E-state index >= 15 is 0 Å². The Hall–Kier alpha value is -2.68. The summed E-state index contributed by atoms with van der Waals surface area (Å²) in [4.78, 5) is 12.6. The van der Waals surface area contributed by atoms with Gasteiger partial charge in [-0.1, -0.05) is 24.3 Å². The van der Waals surface area contributed by atoms with Crippen LogP contribution < -0.4 is 0 Å². The summed E-state index contributed by atoms with van der Waals surface area (Å²) in [5, 5.41) is 3.73. The van der Waals surface area contributed by atoms with Crippen molar-refractivity contribution in [1.82, 2.24) is 15.0 Å². The first-order chi connectivity index (χ1) is 11.4. The van der Waals surface area contributed by atoms with Gasteiger partial charge in [-0.05, 0) is 49.0 Å². The van der Waals surface area contributed by atoms with Crippen molar-refractivity contribution in [3.63, 3.8) is 0 Å². The monoisotopic (exact) mass is 299 g/mol. The summed E-state index contributed by atoms with van der Waals surface area (Å²) in [6, 6.07) is 10.6. The molecule has 1 aliphatic rings. The second-order valence-electron chi connectivity index (χ2n) is 6.25. The van der Waals surface area contributed by atoms with Gasteiger partial charge in [-0.2, -0.15) is 0 Å². The van der Waals surface area contributed by atoms with Crippen molar-refractivity contribution in [2.24, 2.45) is 0 Å². The smallest absolute Gasteiger partial charge is 0.139 e. The predicted molar refractivity (Wildman–Crippen MR) is 95.3 cm³/mol. The van der Waals surface area contributed by atoms with Gasteiger partial charge in [0.1, 0.15) is 5.65 Å². The van der Waals surface area contributed by atoms with Gasteiger partial charge in [0.25, 0.3) is 0 Å². The predicted octanol–water partition coefficient (Wildman–Crippen LogP) is 5.22. The Morgan fingerprint density at radius 2 is 1.96 bits per heavy atom. The molecule has 4 aromatic rings. The fourth-order valence-corrected chi connectivity index (χ4v) is 3.81. The summed E-state index contributed by atoms with van der Waals surface area (Å²) in [5.41, 5.74) is 5.89. The summed E-state index contributed by atoms with van der Waals surface area (Å²) < 4.78 is 0. The van der Waals surface area contributed by atoms with E-state index in [1.807, 2.05) is 12.4 Å². The quantitative estimate of drug-likeness (QED) is 0.523. The van der Waals surface area contributed by atoms with E-state index in [1.54, 1.807) is 0 Å². The lowest BCUT2D eigenvalue weighted by atomic mass is 9.89. The summed E-state index contributed by atoms with van der Waals surface area (Å²) in [7, 11) is 0. The van der Waals surface area contributed by atoms with Gasteiger partial charge in [0.15, 0.2) is 0 Å². The Bertz CT molecular complexity index is 1070. The molecule has 0 fully saturated rings. The number of para-hydroxylation sites is 1. The number of H-pyrrole nitrogens is 1. The first-order valence-corrected chi connectivity index (χ1v) is 8.25. The van der Waals surface area contributed by atoms with Crippen LogP contribution in [0.5, 0.6) is 0 Å². The van der Waals surface area contributed by atoms with Crippen LogP contribution in [-0.2, 0) is 0 Å². The Morgan fingerprint density at radius 3 is 2.87 bits per heavy atom. The molecule has 1 aromatic carbocycles. The van der Waals surface area contributed by atoms with Gasteiger partial charge >= 0.3 is 0 Å². The lowest BCUT2D eigenvalue weighted by Crippen LogP contribution is -1.96. The van der Waals surface area contributed by atoms with Crippen LogP contribution in [-0.4, -0.2) is 15.0 Å². The molecule has 1 aliphatic carbocycles. The molecule has 0 atom stereocenters. The number of aromatic amines is 1. The van der Waals surface area contributed by atoms with Crippen LogP contribution >= 0.6 is 0 Å². The molecule has 3 aromatic heterocycles. The third kappa shape index (κ3) is 1.89. The lowest BCUT2D eigenvalue weighted by molar-refractivity contribution is 0.743. The summed E-state index contributed by atoms with van der Waals surface area (Å²) in [5.74, 6) is 0. The Balaban J connectivity index is 2.01. The average molecular weight is 299 g/mol. The van der Waals surface area contributed by atoms with E-state index in [0.29, 0.717) is 0 Å². The summed E-state index contributed by atoms with van der Waals surface area (Å²) in [6.07, 6.45) is 11.0. The zero-order chi connectivity index (χ0) is 15.2. The van der Waals surface area contributed by atoms with Crippen LogP contribution in [0.1, 0.15) is 31.2 Å². The maximum absolute atomic E-state index is 4.83. The van der Waals surface area contributed by atoms with E-state index in [9.17, 15) is 0 Å². The van der Waals surface area contributed by atoms with Gasteiger partial charge in [0.05, 0.1) is 11.7 Å². The van der Waals surface area contributed by atoms with E-state index in [2.05, 4.69) is 46.4 Å². The third-order valence-corrected chi connectivity index (χ3v) is 4.85. The van der Waals surface area contributed by atoms with Crippen LogP contribution in [0.2, 0.25) is 0 Å². The van der Waals surface area contributed by atoms with Crippen LogP contribution in [0.25, 0.3) is 38.4 Å². The number of nitrogens with one attached hydrogen (secondary N) is 1. The highest BCUT2D eigenvalue weighted by Gasteiger charge is 2.18. The average Bonchev–Trinajstić information content (AvgIpc) is 2.98. The maximum atomic E-state index is 4.83. The van der Waals surface area contributed by atoms with Crippen molar-refractivity contribution < 1.29 is 0 Å². The fourth-order valence-electron chi connectivity index (χ4n) is 3.81. The van der Waals surface area contributed by atoms with Gasteiger partial charge in [-0.3, -0.25) is 4.98 Å². The summed E-state index contributed by atoms with van der Waals surface area (Å²) in [6.45, 7) is 0. The van der Waals surface area contributed by atoms with Crippen LogP contribution in [0.3, 0.4) is 0 Å². The zero-order valence-electron chi connectivity index (χ0n) is 12.8. The highest BCUT2D eigenvalue weighted by atomic mass is 14.9. The number of rotatable bonds is 1. The number of nitrogens with zero attached hydrogens (tertiary/aromatic N) is 2. The molecule has 0 saturated heterocycles. The lowest BCUT2D eigenvalue weighted by Gasteiger charge is -2.16. The molecular weight excluding hydrogens is 282 g/mol. The first-order valence-electron chi connectivity index (χ1n) is 8.25. The SMILES string of the molecule is C1=C(c2c3ccncc3nc3[nH]c4ccccc4c23)CCCC1. The maximum Gasteiger partial charge on any atom is 0.139 e. The fraction of sp³-hybridized carbons (Fsp3) is 0.200. The second-order valence-corrected chi connectivity index (χ2v) is 6.25. The minimum Gasteiger partial charge on any atom is -0.339 e. The molecule has 0 unspecified atom stereocenters. The summed E-state index contributed by atoms with van der Waals surface area (Å²) >= 11 is 0. The molecule has 5 rings (SSSR count). The van der Waals surface area contributed by atoms with E-state index < -0.39 is 0 Å². The zero-order valence-corrected chi connectivity index (χ0v) is 12.8. The van der Waals surface area contributed by atoms with Crippen molar-refractivity contribution in [2.45, 2.75) is 25.7 Å². The topological polar surface area (TPSA) is 41.6 Å². The highest BCUT2D eigenvalue weighted by molar-refractivity contribution is 6.16. The largest absolute Gasteiger partial charge is 0.339 e. The molecule has 3 nitrogen and oxygen atoms in total. The second kappa shape index (κ2) is 4.92. The molecule has 1 N–H and O–H groups in total. The minimum absolute atomic E-state index is 0.966.